The fourth-order valence-electron chi connectivity index (χ4n) is 1.51. The molecule has 3 N–H and O–H groups in total. The third-order valence-corrected chi connectivity index (χ3v) is 3.21. The number of anilines is 2. The molecule has 0 saturated carbocycles. The van der Waals surface area contributed by atoms with Gasteiger partial charge >= 0.3 is 5.97 Å². The number of carbonyl (C=O) groups is 1. The van der Waals surface area contributed by atoms with Gasteiger partial charge in [-0.1, -0.05) is 11.6 Å². The molecule has 1 rings (SSSR count). The van der Waals surface area contributed by atoms with Crippen molar-refractivity contribution in [3.8, 4) is 0 Å². The summed E-state index contributed by atoms with van der Waals surface area (Å²) in [5, 5.41) is 9.51. The van der Waals surface area contributed by atoms with Crippen molar-refractivity contribution in [3.05, 3.63) is 22.7 Å². The summed E-state index contributed by atoms with van der Waals surface area (Å²) < 4.78 is 0. The Morgan fingerprint density at radius 1 is 1.59 bits per heavy atom. The standard InChI is InChI=1S/C11H15ClN2O2S/c1-14(3-4-17-2)10-8(11(15)16)5-7(13)6-9(10)12/h5-6H,3-4,13H2,1-2H3,(H,15,16). The average molecular weight is 275 g/mol. The van der Waals surface area contributed by atoms with Crippen molar-refractivity contribution in [1.29, 1.82) is 0 Å². The summed E-state index contributed by atoms with van der Waals surface area (Å²) >= 11 is 7.75. The molecule has 0 unspecified atom stereocenters. The van der Waals surface area contributed by atoms with E-state index in [4.69, 9.17) is 22.4 Å². The van der Waals surface area contributed by atoms with Crippen molar-refractivity contribution in [1.82, 2.24) is 0 Å². The van der Waals surface area contributed by atoms with Crippen LogP contribution in [-0.2, 0) is 0 Å². The number of carboxylic acid groups (broad SMARTS) is 1. The van der Waals surface area contributed by atoms with E-state index in [0.717, 1.165) is 12.3 Å². The molecule has 0 heterocycles. The molecule has 0 aliphatic carbocycles. The van der Waals surface area contributed by atoms with Crippen LogP contribution in [0.15, 0.2) is 12.1 Å². The number of halogens is 1. The van der Waals surface area contributed by atoms with Crippen LogP contribution in [0.4, 0.5) is 11.4 Å². The Labute approximate surface area is 110 Å². The number of nitrogens with two attached hydrogens (primary N) is 1. The van der Waals surface area contributed by atoms with Crippen LogP contribution in [0.5, 0.6) is 0 Å². The highest BCUT2D eigenvalue weighted by molar-refractivity contribution is 7.98. The van der Waals surface area contributed by atoms with Crippen LogP contribution < -0.4 is 10.6 Å². The first-order valence-corrected chi connectivity index (χ1v) is 6.77. The Morgan fingerprint density at radius 2 is 2.24 bits per heavy atom. The van der Waals surface area contributed by atoms with Crippen molar-refractivity contribution in [2.75, 3.05) is 36.2 Å². The molecule has 6 heteroatoms. The summed E-state index contributed by atoms with van der Waals surface area (Å²) in [4.78, 5) is 13.0. The van der Waals surface area contributed by atoms with Crippen molar-refractivity contribution in [2.24, 2.45) is 0 Å². The summed E-state index contributed by atoms with van der Waals surface area (Å²) in [6.45, 7) is 0.727. The summed E-state index contributed by atoms with van der Waals surface area (Å²) in [6.07, 6.45) is 2.00. The van der Waals surface area contributed by atoms with E-state index in [0.29, 0.717) is 16.4 Å². The maximum Gasteiger partial charge on any atom is 0.337 e. The molecule has 0 spiro atoms. The summed E-state index contributed by atoms with van der Waals surface area (Å²) in [6, 6.07) is 3.00. The van der Waals surface area contributed by atoms with Crippen LogP contribution >= 0.6 is 23.4 Å². The van der Waals surface area contributed by atoms with Gasteiger partial charge in [0, 0.05) is 25.0 Å². The van der Waals surface area contributed by atoms with E-state index < -0.39 is 5.97 Å². The van der Waals surface area contributed by atoms with Gasteiger partial charge in [0.15, 0.2) is 0 Å². The second kappa shape index (κ2) is 6.02. The first kappa shape index (κ1) is 14.0. The number of nitrogen functional groups attached to an aromatic ring is 1. The first-order chi connectivity index (χ1) is 7.97. The van der Waals surface area contributed by atoms with E-state index in [1.165, 1.54) is 6.07 Å². The summed E-state index contributed by atoms with van der Waals surface area (Å²) in [5.41, 5.74) is 6.61. The SMILES string of the molecule is CSCCN(C)c1c(Cl)cc(N)cc1C(=O)O. The highest BCUT2D eigenvalue weighted by Crippen LogP contribution is 2.32. The number of thioether (sulfide) groups is 1. The van der Waals surface area contributed by atoms with Crippen LogP contribution in [0.3, 0.4) is 0 Å². The van der Waals surface area contributed by atoms with E-state index in [-0.39, 0.29) is 5.56 Å². The second-order valence-corrected chi connectivity index (χ2v) is 5.01. The zero-order valence-electron chi connectivity index (χ0n) is 9.74. The minimum absolute atomic E-state index is 0.138. The molecule has 0 bridgehead atoms. The van der Waals surface area contributed by atoms with Crippen LogP contribution in [0, 0.1) is 0 Å². The normalized spacial score (nSPS) is 10.3. The highest BCUT2D eigenvalue weighted by Gasteiger charge is 2.17. The van der Waals surface area contributed by atoms with Gasteiger partial charge in [0.25, 0.3) is 0 Å². The first-order valence-electron chi connectivity index (χ1n) is 4.99. The fourth-order valence-corrected chi connectivity index (χ4v) is 2.34. The number of hydrogen-bond acceptors (Lipinski definition) is 4. The number of benzene rings is 1. The minimum atomic E-state index is -1.02. The summed E-state index contributed by atoms with van der Waals surface area (Å²) in [5.74, 6) is -0.124. The van der Waals surface area contributed by atoms with Gasteiger partial charge in [-0.3, -0.25) is 0 Å². The Balaban J connectivity index is 3.16. The van der Waals surface area contributed by atoms with Crippen LogP contribution in [0.1, 0.15) is 10.4 Å². The number of aromatic carboxylic acids is 1. The lowest BCUT2D eigenvalue weighted by Gasteiger charge is -2.22. The van der Waals surface area contributed by atoms with Crippen LogP contribution in [0.2, 0.25) is 5.02 Å². The fraction of sp³-hybridized carbons (Fsp3) is 0.364. The zero-order chi connectivity index (χ0) is 13.0. The maximum atomic E-state index is 11.2. The van der Waals surface area contributed by atoms with Gasteiger partial charge in [-0.2, -0.15) is 11.8 Å². The molecule has 0 fully saturated rings. The van der Waals surface area contributed by atoms with Crippen molar-refractivity contribution < 1.29 is 9.90 Å². The van der Waals surface area contributed by atoms with E-state index in [9.17, 15) is 4.79 Å². The van der Waals surface area contributed by atoms with Gasteiger partial charge in [-0.15, -0.1) is 0 Å². The van der Waals surface area contributed by atoms with Crippen molar-refractivity contribution >= 4 is 40.7 Å². The lowest BCUT2D eigenvalue weighted by Crippen LogP contribution is -2.23. The third kappa shape index (κ3) is 3.44. The second-order valence-electron chi connectivity index (χ2n) is 3.62. The quantitative estimate of drug-likeness (QED) is 0.807. The lowest BCUT2D eigenvalue weighted by molar-refractivity contribution is 0.0697. The molecule has 1 aromatic rings. The van der Waals surface area contributed by atoms with Gasteiger partial charge in [0.1, 0.15) is 0 Å². The van der Waals surface area contributed by atoms with E-state index >= 15 is 0 Å². The van der Waals surface area contributed by atoms with Gasteiger partial charge in [0.05, 0.1) is 16.3 Å². The van der Waals surface area contributed by atoms with E-state index in [2.05, 4.69) is 0 Å². The van der Waals surface area contributed by atoms with E-state index in [1.807, 2.05) is 18.2 Å². The number of hydrogen-bond donors (Lipinski definition) is 2. The van der Waals surface area contributed by atoms with Crippen molar-refractivity contribution in [3.63, 3.8) is 0 Å². The molecule has 0 aliphatic rings. The van der Waals surface area contributed by atoms with Gasteiger partial charge in [-0.25, -0.2) is 4.79 Å². The molecule has 94 valence electrons. The Kier molecular flexibility index (Phi) is 4.96. The topological polar surface area (TPSA) is 66.6 Å². The average Bonchev–Trinajstić information content (AvgIpc) is 2.24. The predicted molar refractivity (Wildman–Crippen MR) is 74.5 cm³/mol. The van der Waals surface area contributed by atoms with Gasteiger partial charge < -0.3 is 15.7 Å². The van der Waals surface area contributed by atoms with E-state index in [1.54, 1.807) is 17.8 Å². The maximum absolute atomic E-state index is 11.2. The number of carboxylic acids is 1. The largest absolute Gasteiger partial charge is 0.478 e. The molecule has 0 saturated heterocycles. The molecule has 1 aromatic carbocycles. The zero-order valence-corrected chi connectivity index (χ0v) is 11.3. The molecular formula is C11H15ClN2O2S. The number of rotatable bonds is 5. The molecule has 0 aliphatic heterocycles. The molecule has 0 radical (unpaired) electrons. The molecule has 4 nitrogen and oxygen atoms in total. The van der Waals surface area contributed by atoms with Crippen LogP contribution in [-0.4, -0.2) is 36.7 Å². The molecule has 0 aromatic heterocycles. The van der Waals surface area contributed by atoms with Gasteiger partial charge in [-0.05, 0) is 18.4 Å². The Bertz CT molecular complexity index is 426. The summed E-state index contributed by atoms with van der Waals surface area (Å²) in [7, 11) is 1.82. The highest BCUT2D eigenvalue weighted by atomic mass is 35.5. The van der Waals surface area contributed by atoms with Crippen LogP contribution in [0.25, 0.3) is 0 Å². The third-order valence-electron chi connectivity index (χ3n) is 2.33. The van der Waals surface area contributed by atoms with Crippen molar-refractivity contribution in [2.45, 2.75) is 0 Å². The molecule has 17 heavy (non-hydrogen) atoms. The molecule has 0 amide bonds. The minimum Gasteiger partial charge on any atom is -0.478 e. The monoisotopic (exact) mass is 274 g/mol. The number of nitrogens with zero attached hydrogens (tertiary/aromatic N) is 1. The Morgan fingerprint density at radius 3 is 2.76 bits per heavy atom. The Hall–Kier alpha value is -1.07. The molecule has 0 atom stereocenters. The molecular weight excluding hydrogens is 260 g/mol. The smallest absolute Gasteiger partial charge is 0.337 e. The predicted octanol–water partition coefficient (Wildman–Crippen LogP) is 2.42. The van der Waals surface area contributed by atoms with Gasteiger partial charge in [0.2, 0.25) is 0 Å². The lowest BCUT2D eigenvalue weighted by atomic mass is 10.1.